The van der Waals surface area contributed by atoms with Crippen molar-refractivity contribution in [3.63, 3.8) is 0 Å². The highest BCUT2D eigenvalue weighted by Gasteiger charge is 2.12. The van der Waals surface area contributed by atoms with E-state index in [1.165, 1.54) is 37.2 Å². The third-order valence-electron chi connectivity index (χ3n) is 2.49. The van der Waals surface area contributed by atoms with Crippen molar-refractivity contribution in [2.45, 2.75) is 19.8 Å². The van der Waals surface area contributed by atoms with Crippen LogP contribution in [0.4, 0.5) is 5.69 Å². The molecule has 1 heterocycles. The molecule has 1 aliphatic heterocycles. The van der Waals surface area contributed by atoms with Gasteiger partial charge in [0.05, 0.1) is 0 Å². The van der Waals surface area contributed by atoms with Gasteiger partial charge in [-0.2, -0.15) is 0 Å². The van der Waals surface area contributed by atoms with E-state index in [0.29, 0.717) is 0 Å². The summed E-state index contributed by atoms with van der Waals surface area (Å²) in [7, 11) is 0. The van der Waals surface area contributed by atoms with Gasteiger partial charge in [-0.3, -0.25) is 0 Å². The molecule has 0 unspecified atom stereocenters. The van der Waals surface area contributed by atoms with Gasteiger partial charge in [-0.05, 0) is 43.5 Å². The first-order valence-electron chi connectivity index (χ1n) is 4.59. The van der Waals surface area contributed by atoms with Gasteiger partial charge < -0.3 is 4.90 Å². The van der Waals surface area contributed by atoms with Gasteiger partial charge in [-0.25, -0.2) is 0 Å². The van der Waals surface area contributed by atoms with Crippen molar-refractivity contribution >= 4 is 5.69 Å². The van der Waals surface area contributed by atoms with Gasteiger partial charge in [0.15, 0.2) is 0 Å². The molecule has 1 aromatic rings. The van der Waals surface area contributed by atoms with Gasteiger partial charge in [-0.15, -0.1) is 0 Å². The first-order valence-corrected chi connectivity index (χ1v) is 4.59. The van der Waals surface area contributed by atoms with Gasteiger partial charge in [0.2, 0.25) is 0 Å². The van der Waals surface area contributed by atoms with Crippen LogP contribution in [0, 0.1) is 13.0 Å². The predicted octanol–water partition coefficient (Wildman–Crippen LogP) is 2.40. The number of benzene rings is 1. The summed E-state index contributed by atoms with van der Waals surface area (Å²) in [4.78, 5) is 2.46. The van der Waals surface area contributed by atoms with Crippen LogP contribution in [0.1, 0.15) is 18.4 Å². The minimum absolute atomic E-state index is 1.23. The maximum absolute atomic E-state index is 3.10. The van der Waals surface area contributed by atoms with Crippen molar-refractivity contribution in [2.75, 3.05) is 18.0 Å². The lowest BCUT2D eigenvalue weighted by molar-refractivity contribution is 0.949. The van der Waals surface area contributed by atoms with Crippen LogP contribution in [-0.2, 0) is 0 Å². The summed E-state index contributed by atoms with van der Waals surface area (Å²) in [5.41, 5.74) is 2.74. The molecule has 0 saturated carbocycles. The summed E-state index contributed by atoms with van der Waals surface area (Å²) in [6.07, 6.45) is 2.69. The van der Waals surface area contributed by atoms with Crippen LogP contribution in [0.15, 0.2) is 18.2 Å². The van der Waals surface area contributed by atoms with Crippen molar-refractivity contribution < 1.29 is 0 Å². The van der Waals surface area contributed by atoms with E-state index in [1.54, 1.807) is 0 Å². The Morgan fingerprint density at radius 3 is 2.75 bits per heavy atom. The molecule has 1 heteroatoms. The van der Waals surface area contributed by atoms with E-state index in [4.69, 9.17) is 0 Å². The summed E-state index contributed by atoms with van der Waals surface area (Å²) < 4.78 is 0. The van der Waals surface area contributed by atoms with Crippen LogP contribution in [0.5, 0.6) is 0 Å². The molecule has 0 spiro atoms. The smallest absolute Gasteiger partial charge is 0.0396 e. The second kappa shape index (κ2) is 3.18. The minimum atomic E-state index is 1.23. The maximum Gasteiger partial charge on any atom is 0.0396 e. The van der Waals surface area contributed by atoms with E-state index >= 15 is 0 Å². The Balaban J connectivity index is 2.26. The van der Waals surface area contributed by atoms with Gasteiger partial charge >= 0.3 is 0 Å². The quantitative estimate of drug-likeness (QED) is 0.609. The Labute approximate surface area is 74.0 Å². The Morgan fingerprint density at radius 1 is 1.33 bits per heavy atom. The van der Waals surface area contributed by atoms with E-state index in [0.717, 1.165) is 0 Å². The number of anilines is 1. The summed E-state index contributed by atoms with van der Waals surface area (Å²) in [6.45, 7) is 4.61. The van der Waals surface area contributed by atoms with Crippen LogP contribution in [0.25, 0.3) is 0 Å². The molecule has 1 fully saturated rings. The zero-order valence-electron chi connectivity index (χ0n) is 7.51. The van der Waals surface area contributed by atoms with Gasteiger partial charge in [0.25, 0.3) is 0 Å². The second-order valence-corrected chi connectivity index (χ2v) is 3.41. The molecule has 0 aliphatic carbocycles. The summed E-state index contributed by atoms with van der Waals surface area (Å²) in [6, 6.07) is 9.33. The summed E-state index contributed by atoms with van der Waals surface area (Å²) >= 11 is 0. The number of hydrogen-bond acceptors (Lipinski definition) is 1. The largest absolute Gasteiger partial charge is 0.371 e. The predicted molar refractivity (Wildman–Crippen MR) is 51.5 cm³/mol. The topological polar surface area (TPSA) is 3.24 Å². The summed E-state index contributed by atoms with van der Waals surface area (Å²) in [5, 5.41) is 0. The van der Waals surface area contributed by atoms with Crippen molar-refractivity contribution in [3.8, 4) is 0 Å². The van der Waals surface area contributed by atoms with Crippen molar-refractivity contribution in [3.05, 3.63) is 29.8 Å². The van der Waals surface area contributed by atoms with E-state index in [9.17, 15) is 0 Å². The number of nitrogens with zero attached hydrogens (tertiary/aromatic N) is 1. The average Bonchev–Trinajstić information content (AvgIpc) is 2.57. The van der Waals surface area contributed by atoms with Crippen LogP contribution < -0.4 is 4.90 Å². The van der Waals surface area contributed by atoms with Gasteiger partial charge in [0, 0.05) is 18.8 Å². The van der Waals surface area contributed by atoms with Crippen LogP contribution in [0.2, 0.25) is 0 Å². The molecule has 12 heavy (non-hydrogen) atoms. The Morgan fingerprint density at radius 2 is 2.08 bits per heavy atom. The molecule has 0 atom stereocenters. The van der Waals surface area contributed by atoms with E-state index in [-0.39, 0.29) is 0 Å². The molecule has 0 N–H and O–H groups in total. The third-order valence-corrected chi connectivity index (χ3v) is 2.49. The van der Waals surface area contributed by atoms with Crippen molar-refractivity contribution in [2.24, 2.45) is 0 Å². The summed E-state index contributed by atoms with van der Waals surface area (Å²) in [5.74, 6) is 0. The zero-order valence-corrected chi connectivity index (χ0v) is 7.51. The molecule has 1 aliphatic rings. The van der Waals surface area contributed by atoms with E-state index < -0.39 is 0 Å². The fourth-order valence-electron chi connectivity index (χ4n) is 1.82. The number of hydrogen-bond donors (Lipinski definition) is 0. The molecule has 1 radical (unpaired) electrons. The molecule has 1 aromatic carbocycles. The van der Waals surface area contributed by atoms with Crippen molar-refractivity contribution in [1.82, 2.24) is 0 Å². The van der Waals surface area contributed by atoms with Crippen LogP contribution in [-0.4, -0.2) is 13.1 Å². The average molecular weight is 160 g/mol. The minimum Gasteiger partial charge on any atom is -0.371 e. The zero-order chi connectivity index (χ0) is 8.39. The number of rotatable bonds is 1. The monoisotopic (exact) mass is 160 g/mol. The highest BCUT2D eigenvalue weighted by molar-refractivity contribution is 5.53. The van der Waals surface area contributed by atoms with Gasteiger partial charge in [-0.1, -0.05) is 6.07 Å². The van der Waals surface area contributed by atoms with Crippen LogP contribution >= 0.6 is 0 Å². The highest BCUT2D eigenvalue weighted by atomic mass is 15.1. The molecule has 0 bridgehead atoms. The molecular formula is C11H14N. The van der Waals surface area contributed by atoms with Crippen LogP contribution in [0.3, 0.4) is 0 Å². The normalized spacial score (nSPS) is 16.9. The third kappa shape index (κ3) is 1.31. The van der Waals surface area contributed by atoms with E-state index in [1.807, 2.05) is 6.07 Å². The van der Waals surface area contributed by atoms with Crippen molar-refractivity contribution in [1.29, 1.82) is 0 Å². The molecule has 1 saturated heterocycles. The fraction of sp³-hybridized carbons (Fsp3) is 0.455. The highest BCUT2D eigenvalue weighted by Crippen LogP contribution is 2.22. The Hall–Kier alpha value is -0.980. The SMILES string of the molecule is Cc1c[c]ccc1N1CCCC1. The lowest BCUT2D eigenvalue weighted by Crippen LogP contribution is -2.18. The molecule has 0 aromatic heterocycles. The van der Waals surface area contributed by atoms with Gasteiger partial charge in [0.1, 0.15) is 0 Å². The first-order chi connectivity index (χ1) is 5.88. The number of aryl methyl sites for hydroxylation is 1. The Bertz CT molecular complexity index is 261. The molecule has 1 nitrogen and oxygen atoms in total. The second-order valence-electron chi connectivity index (χ2n) is 3.41. The standard InChI is InChI=1S/C11H14N/c1-10-6-2-3-7-11(10)12-8-4-5-9-12/h3,6-7H,4-5,8-9H2,1H3. The lowest BCUT2D eigenvalue weighted by Gasteiger charge is -2.19. The lowest BCUT2D eigenvalue weighted by atomic mass is 10.2. The Kier molecular flexibility index (Phi) is 2.03. The first kappa shape index (κ1) is 7.66. The molecule has 0 amide bonds. The fourth-order valence-corrected chi connectivity index (χ4v) is 1.82. The molecule has 2 rings (SSSR count). The maximum atomic E-state index is 3.10. The van der Waals surface area contributed by atoms with E-state index in [2.05, 4.69) is 30.0 Å². The molecule has 63 valence electrons. The molecular weight excluding hydrogens is 146 g/mol.